The van der Waals surface area contributed by atoms with Gasteiger partial charge in [-0.25, -0.2) is 4.39 Å². The highest BCUT2D eigenvalue weighted by molar-refractivity contribution is 8.00. The minimum atomic E-state index is -0.290. The molecule has 0 atom stereocenters. The van der Waals surface area contributed by atoms with E-state index in [2.05, 4.69) is 11.4 Å². The number of thioether (sulfide) groups is 1. The fraction of sp³-hybridized carbons (Fsp3) is 0.294. The van der Waals surface area contributed by atoms with Crippen LogP contribution in [0.25, 0.3) is 0 Å². The van der Waals surface area contributed by atoms with Crippen molar-refractivity contribution in [3.8, 4) is 6.07 Å². The number of rotatable bonds is 4. The predicted octanol–water partition coefficient (Wildman–Crippen LogP) is 4.37. The lowest BCUT2D eigenvalue weighted by atomic mass is 9.96. The summed E-state index contributed by atoms with van der Waals surface area (Å²) < 4.78 is 12.9. The quantitative estimate of drug-likeness (QED) is 0.837. The van der Waals surface area contributed by atoms with Gasteiger partial charge in [0.15, 0.2) is 0 Å². The molecule has 0 aliphatic heterocycles. The Balaban J connectivity index is 1.65. The molecule has 1 amide bonds. The van der Waals surface area contributed by atoms with Crippen LogP contribution in [-0.4, -0.2) is 11.7 Å². The van der Waals surface area contributed by atoms with E-state index in [-0.39, 0.29) is 17.5 Å². The van der Waals surface area contributed by atoms with E-state index >= 15 is 0 Å². The standard InChI is InChI=1S/C17H15FN2OS2/c18-11-5-7-12(8-6-11)22-10-16(21)20-17-14(9-19)13-3-1-2-4-15(13)23-17/h5-8H,1-4,10H2,(H,20,21). The van der Waals surface area contributed by atoms with Crippen LogP contribution in [-0.2, 0) is 17.6 Å². The van der Waals surface area contributed by atoms with Gasteiger partial charge in [-0.2, -0.15) is 5.26 Å². The van der Waals surface area contributed by atoms with Gasteiger partial charge in [-0.3, -0.25) is 4.79 Å². The largest absolute Gasteiger partial charge is 0.316 e. The number of anilines is 1. The number of aryl methyl sites for hydroxylation is 1. The summed E-state index contributed by atoms with van der Waals surface area (Å²) in [6.07, 6.45) is 4.17. The van der Waals surface area contributed by atoms with Gasteiger partial charge in [0.05, 0.1) is 11.3 Å². The van der Waals surface area contributed by atoms with E-state index < -0.39 is 0 Å². The molecular weight excluding hydrogens is 331 g/mol. The van der Waals surface area contributed by atoms with E-state index in [9.17, 15) is 14.4 Å². The Morgan fingerprint density at radius 3 is 2.78 bits per heavy atom. The number of amides is 1. The molecule has 0 fully saturated rings. The number of fused-ring (bicyclic) bond motifs is 1. The Hall–Kier alpha value is -1.84. The molecule has 118 valence electrons. The lowest BCUT2D eigenvalue weighted by molar-refractivity contribution is -0.113. The van der Waals surface area contributed by atoms with E-state index in [0.717, 1.165) is 36.1 Å². The number of nitriles is 1. The average Bonchev–Trinajstić information content (AvgIpc) is 2.91. The van der Waals surface area contributed by atoms with E-state index in [1.165, 1.54) is 40.1 Å². The number of nitrogens with zero attached hydrogens (tertiary/aromatic N) is 1. The maximum Gasteiger partial charge on any atom is 0.235 e. The second kappa shape index (κ2) is 7.16. The van der Waals surface area contributed by atoms with Crippen LogP contribution in [0.4, 0.5) is 9.39 Å². The van der Waals surface area contributed by atoms with Gasteiger partial charge >= 0.3 is 0 Å². The summed E-state index contributed by atoms with van der Waals surface area (Å²) in [4.78, 5) is 14.2. The van der Waals surface area contributed by atoms with Crippen molar-refractivity contribution in [2.75, 3.05) is 11.1 Å². The first kappa shape index (κ1) is 16.0. The molecule has 1 heterocycles. The summed E-state index contributed by atoms with van der Waals surface area (Å²) in [6.45, 7) is 0. The molecular formula is C17H15FN2OS2. The van der Waals surface area contributed by atoms with Crippen LogP contribution in [0, 0.1) is 17.1 Å². The van der Waals surface area contributed by atoms with Crippen LogP contribution < -0.4 is 5.32 Å². The molecule has 0 saturated heterocycles. The summed E-state index contributed by atoms with van der Waals surface area (Å²) in [7, 11) is 0. The number of nitrogens with one attached hydrogen (secondary N) is 1. The zero-order valence-electron chi connectivity index (χ0n) is 12.4. The minimum Gasteiger partial charge on any atom is -0.316 e. The first-order chi connectivity index (χ1) is 11.2. The molecule has 1 aromatic carbocycles. The molecule has 1 aliphatic carbocycles. The molecule has 6 heteroatoms. The average molecular weight is 346 g/mol. The normalized spacial score (nSPS) is 13.2. The SMILES string of the molecule is N#Cc1c(NC(=O)CSc2ccc(F)cc2)sc2c1CCCC2. The summed E-state index contributed by atoms with van der Waals surface area (Å²) in [5, 5.41) is 12.9. The molecule has 0 unspecified atom stereocenters. The molecule has 1 N–H and O–H groups in total. The van der Waals surface area contributed by atoms with Crippen molar-refractivity contribution < 1.29 is 9.18 Å². The fourth-order valence-corrected chi connectivity index (χ4v) is 4.57. The molecule has 0 saturated carbocycles. The van der Waals surface area contributed by atoms with Gasteiger partial charge in [-0.05, 0) is 55.5 Å². The molecule has 1 aromatic heterocycles. The van der Waals surface area contributed by atoms with Gasteiger partial charge in [0.1, 0.15) is 16.9 Å². The zero-order valence-corrected chi connectivity index (χ0v) is 14.0. The number of hydrogen-bond donors (Lipinski definition) is 1. The monoisotopic (exact) mass is 346 g/mol. The Morgan fingerprint density at radius 2 is 2.04 bits per heavy atom. The minimum absolute atomic E-state index is 0.144. The van der Waals surface area contributed by atoms with Crippen molar-refractivity contribution in [1.82, 2.24) is 0 Å². The number of carbonyl (C=O) groups excluding carboxylic acids is 1. The van der Waals surface area contributed by atoms with Crippen LogP contribution in [0.1, 0.15) is 28.8 Å². The van der Waals surface area contributed by atoms with Gasteiger partial charge in [0.2, 0.25) is 5.91 Å². The molecule has 3 nitrogen and oxygen atoms in total. The topological polar surface area (TPSA) is 52.9 Å². The first-order valence-electron chi connectivity index (χ1n) is 7.40. The molecule has 2 aromatic rings. The van der Waals surface area contributed by atoms with Crippen molar-refractivity contribution in [3.63, 3.8) is 0 Å². The van der Waals surface area contributed by atoms with Crippen molar-refractivity contribution in [2.24, 2.45) is 0 Å². The van der Waals surface area contributed by atoms with Crippen LogP contribution in [0.15, 0.2) is 29.2 Å². The second-order valence-electron chi connectivity index (χ2n) is 5.32. The maximum atomic E-state index is 12.9. The van der Waals surface area contributed by atoms with Crippen LogP contribution in [0.2, 0.25) is 0 Å². The van der Waals surface area contributed by atoms with Gasteiger partial charge < -0.3 is 5.32 Å². The van der Waals surface area contributed by atoms with Gasteiger partial charge in [-0.1, -0.05) is 0 Å². The van der Waals surface area contributed by atoms with Gasteiger partial charge in [-0.15, -0.1) is 23.1 Å². The molecule has 3 rings (SSSR count). The number of carbonyl (C=O) groups is 1. The third-order valence-corrected chi connectivity index (χ3v) is 5.94. The summed E-state index contributed by atoms with van der Waals surface area (Å²) >= 11 is 2.87. The summed E-state index contributed by atoms with van der Waals surface area (Å²) in [6, 6.07) is 8.29. The lowest BCUT2D eigenvalue weighted by Crippen LogP contribution is -2.14. The number of halogens is 1. The molecule has 0 bridgehead atoms. The van der Waals surface area contributed by atoms with Gasteiger partial charge in [0, 0.05) is 9.77 Å². The predicted molar refractivity (Wildman–Crippen MR) is 91.4 cm³/mol. The highest BCUT2D eigenvalue weighted by Gasteiger charge is 2.21. The van der Waals surface area contributed by atoms with Crippen molar-refractivity contribution in [3.05, 3.63) is 46.1 Å². The van der Waals surface area contributed by atoms with E-state index in [1.807, 2.05) is 0 Å². The van der Waals surface area contributed by atoms with E-state index in [1.54, 1.807) is 12.1 Å². The Kier molecular flexibility index (Phi) is 4.99. The molecule has 1 aliphatic rings. The van der Waals surface area contributed by atoms with E-state index in [4.69, 9.17) is 0 Å². The fourth-order valence-electron chi connectivity index (χ4n) is 2.61. The zero-order chi connectivity index (χ0) is 16.2. The third kappa shape index (κ3) is 3.74. The highest BCUT2D eigenvalue weighted by Crippen LogP contribution is 2.37. The number of benzene rings is 1. The highest BCUT2D eigenvalue weighted by atomic mass is 32.2. The molecule has 0 radical (unpaired) electrons. The summed E-state index contributed by atoms with van der Waals surface area (Å²) in [5.41, 5.74) is 1.75. The Bertz CT molecular complexity index is 762. The van der Waals surface area contributed by atoms with E-state index in [0.29, 0.717) is 10.6 Å². The lowest BCUT2D eigenvalue weighted by Gasteiger charge is -2.09. The van der Waals surface area contributed by atoms with Crippen molar-refractivity contribution >= 4 is 34.0 Å². The van der Waals surface area contributed by atoms with Crippen molar-refractivity contribution in [1.29, 1.82) is 5.26 Å². The van der Waals surface area contributed by atoms with Crippen LogP contribution in [0.3, 0.4) is 0 Å². The number of thiophene rings is 1. The second-order valence-corrected chi connectivity index (χ2v) is 7.47. The summed E-state index contributed by atoms with van der Waals surface area (Å²) in [5.74, 6) is -0.199. The molecule has 23 heavy (non-hydrogen) atoms. The number of hydrogen-bond acceptors (Lipinski definition) is 4. The third-order valence-electron chi connectivity index (χ3n) is 3.72. The first-order valence-corrected chi connectivity index (χ1v) is 9.20. The Morgan fingerprint density at radius 1 is 1.30 bits per heavy atom. The van der Waals surface area contributed by atoms with Crippen LogP contribution >= 0.6 is 23.1 Å². The van der Waals surface area contributed by atoms with Crippen molar-refractivity contribution in [2.45, 2.75) is 30.6 Å². The van der Waals surface area contributed by atoms with Crippen LogP contribution in [0.5, 0.6) is 0 Å². The Labute approximate surface area is 142 Å². The molecule has 0 spiro atoms. The smallest absolute Gasteiger partial charge is 0.235 e. The van der Waals surface area contributed by atoms with Gasteiger partial charge in [0.25, 0.3) is 0 Å². The maximum absolute atomic E-state index is 12.9.